The molecule has 1 N–H and O–H groups in total. The first-order valence-electron chi connectivity index (χ1n) is 4.02. The minimum atomic E-state index is 0. The van der Waals surface area contributed by atoms with E-state index in [1.165, 1.54) is 25.8 Å². The summed E-state index contributed by atoms with van der Waals surface area (Å²) < 4.78 is 0. The van der Waals surface area contributed by atoms with E-state index in [4.69, 9.17) is 0 Å². The minimum absolute atomic E-state index is 0. The van der Waals surface area contributed by atoms with E-state index < -0.39 is 0 Å². The van der Waals surface area contributed by atoms with E-state index >= 15 is 0 Å². The van der Waals surface area contributed by atoms with E-state index in [1.807, 2.05) is 0 Å². The summed E-state index contributed by atoms with van der Waals surface area (Å²) in [5, 5.41) is 3.49. The van der Waals surface area contributed by atoms with Crippen LogP contribution in [0.4, 0.5) is 0 Å². The molecule has 0 aliphatic heterocycles. The Morgan fingerprint density at radius 3 is 2.40 bits per heavy atom. The summed E-state index contributed by atoms with van der Waals surface area (Å²) in [7, 11) is 0. The highest BCUT2D eigenvalue weighted by Gasteiger charge is 2.19. The lowest BCUT2D eigenvalue weighted by Gasteiger charge is -2.03. The highest BCUT2D eigenvalue weighted by molar-refractivity contribution is 4.80. The first kappa shape index (κ1) is 10.2. The fourth-order valence-electron chi connectivity index (χ4n) is 0.864. The second-order valence-corrected chi connectivity index (χ2v) is 3.41. The molecule has 1 rings (SSSR count). The zero-order valence-electron chi connectivity index (χ0n) is 6.86. The molecule has 0 atom stereocenters. The van der Waals surface area contributed by atoms with Gasteiger partial charge in [-0.15, -0.1) is 0 Å². The predicted molar refractivity (Wildman–Crippen MR) is 40.5 cm³/mol. The molecule has 1 aliphatic carbocycles. The number of halogens is 1. The average Bonchev–Trinajstić information content (AvgIpc) is 2.48. The largest absolute Gasteiger partial charge is 1.00 e. The van der Waals surface area contributed by atoms with Gasteiger partial charge in [0.25, 0.3) is 0 Å². The molecule has 0 heterocycles. The predicted octanol–water partition coefficient (Wildman–Crippen LogP) is -1.21. The summed E-state index contributed by atoms with van der Waals surface area (Å²) in [4.78, 5) is 0. The maximum Gasteiger partial charge on any atom is 0.00682 e. The maximum absolute atomic E-state index is 3.49. The van der Waals surface area contributed by atoms with Crippen molar-refractivity contribution in [3.05, 3.63) is 0 Å². The van der Waals surface area contributed by atoms with Crippen LogP contribution in [0.15, 0.2) is 0 Å². The second kappa shape index (κ2) is 4.97. The summed E-state index contributed by atoms with van der Waals surface area (Å²) in [6.07, 6.45) is 4.16. The topological polar surface area (TPSA) is 12.0 Å². The molecule has 1 nitrogen and oxygen atoms in total. The summed E-state index contributed by atoms with van der Waals surface area (Å²) in [5.41, 5.74) is 0. The van der Waals surface area contributed by atoms with E-state index in [-0.39, 0.29) is 12.4 Å². The molecule has 0 aromatic carbocycles. The zero-order valence-corrected chi connectivity index (χ0v) is 7.62. The van der Waals surface area contributed by atoms with Gasteiger partial charge in [0.1, 0.15) is 0 Å². The normalized spacial score (nSPS) is 17.1. The van der Waals surface area contributed by atoms with Crippen molar-refractivity contribution < 1.29 is 12.4 Å². The Labute approximate surface area is 70.0 Å². The van der Waals surface area contributed by atoms with Crippen molar-refractivity contribution in [1.82, 2.24) is 5.32 Å². The van der Waals surface area contributed by atoms with Crippen LogP contribution < -0.4 is 17.7 Å². The van der Waals surface area contributed by atoms with Crippen molar-refractivity contribution >= 4 is 0 Å². The summed E-state index contributed by atoms with van der Waals surface area (Å²) in [5.74, 6) is 0.858. The summed E-state index contributed by atoms with van der Waals surface area (Å²) >= 11 is 0. The third kappa shape index (κ3) is 5.07. The van der Waals surface area contributed by atoms with Gasteiger partial charge in [0.2, 0.25) is 0 Å². The van der Waals surface area contributed by atoms with Crippen LogP contribution in [0, 0.1) is 5.92 Å². The molecular weight excluding hydrogens is 146 g/mol. The Morgan fingerprint density at radius 2 is 2.00 bits per heavy atom. The molecular formula is C8H17ClN-. The van der Waals surface area contributed by atoms with E-state index in [1.54, 1.807) is 0 Å². The Kier molecular flexibility index (Phi) is 5.10. The summed E-state index contributed by atoms with van der Waals surface area (Å²) in [6, 6.07) is 0.892. The van der Waals surface area contributed by atoms with Crippen molar-refractivity contribution in [3.63, 3.8) is 0 Å². The molecule has 0 saturated heterocycles. The number of nitrogens with one attached hydrogen (secondary N) is 1. The molecule has 1 saturated carbocycles. The molecule has 0 amide bonds. The van der Waals surface area contributed by atoms with Crippen LogP contribution in [-0.2, 0) is 0 Å². The second-order valence-electron chi connectivity index (χ2n) is 3.41. The van der Waals surface area contributed by atoms with Crippen molar-refractivity contribution in [2.75, 3.05) is 6.54 Å². The van der Waals surface area contributed by atoms with Crippen LogP contribution >= 0.6 is 0 Å². The average molecular weight is 163 g/mol. The minimum Gasteiger partial charge on any atom is -1.00 e. The smallest absolute Gasteiger partial charge is 0.00682 e. The van der Waals surface area contributed by atoms with Crippen molar-refractivity contribution in [2.24, 2.45) is 5.92 Å². The lowest BCUT2D eigenvalue weighted by molar-refractivity contribution is -0.00000226. The van der Waals surface area contributed by atoms with Crippen molar-refractivity contribution in [3.8, 4) is 0 Å². The molecule has 62 valence electrons. The van der Waals surface area contributed by atoms with Crippen LogP contribution in [0.5, 0.6) is 0 Å². The lowest BCUT2D eigenvalue weighted by Crippen LogP contribution is -3.00. The van der Waals surface area contributed by atoms with Gasteiger partial charge in [-0.3, -0.25) is 0 Å². The van der Waals surface area contributed by atoms with E-state index in [0.717, 1.165) is 12.0 Å². The van der Waals surface area contributed by atoms with Gasteiger partial charge in [-0.25, -0.2) is 0 Å². The first-order valence-corrected chi connectivity index (χ1v) is 4.02. The van der Waals surface area contributed by atoms with Gasteiger partial charge in [-0.2, -0.15) is 0 Å². The van der Waals surface area contributed by atoms with Gasteiger partial charge in [0.15, 0.2) is 0 Å². The molecule has 1 fully saturated rings. The van der Waals surface area contributed by atoms with Crippen LogP contribution in [0.1, 0.15) is 33.1 Å². The third-order valence-electron chi connectivity index (χ3n) is 1.73. The lowest BCUT2D eigenvalue weighted by atomic mass is 10.1. The fourth-order valence-corrected chi connectivity index (χ4v) is 0.864. The molecule has 0 radical (unpaired) electrons. The number of rotatable bonds is 4. The van der Waals surface area contributed by atoms with Crippen LogP contribution in [0.2, 0.25) is 0 Å². The standard InChI is InChI=1S/C8H17N.ClH/c1-7(2)5-6-9-8-3-4-8;/h7-9H,3-6H2,1-2H3;1H/p-1. The molecule has 0 spiro atoms. The van der Waals surface area contributed by atoms with Gasteiger partial charge in [-0.05, 0) is 31.7 Å². The molecule has 0 aromatic heterocycles. The van der Waals surface area contributed by atoms with Crippen molar-refractivity contribution in [2.45, 2.75) is 39.2 Å². The number of hydrogen-bond acceptors (Lipinski definition) is 1. The number of hydrogen-bond donors (Lipinski definition) is 1. The Balaban J connectivity index is 0.000000810. The third-order valence-corrected chi connectivity index (χ3v) is 1.73. The van der Waals surface area contributed by atoms with Gasteiger partial charge < -0.3 is 17.7 Å². The van der Waals surface area contributed by atoms with Crippen LogP contribution in [0.25, 0.3) is 0 Å². The summed E-state index contributed by atoms with van der Waals surface area (Å²) in [6.45, 7) is 5.77. The van der Waals surface area contributed by atoms with Crippen LogP contribution in [-0.4, -0.2) is 12.6 Å². The monoisotopic (exact) mass is 162 g/mol. The zero-order chi connectivity index (χ0) is 6.69. The molecule has 0 bridgehead atoms. The fraction of sp³-hybridized carbons (Fsp3) is 1.00. The first-order chi connectivity index (χ1) is 4.29. The molecule has 0 aromatic rings. The maximum atomic E-state index is 3.49. The van der Waals surface area contributed by atoms with Gasteiger partial charge in [0.05, 0.1) is 0 Å². The highest BCUT2D eigenvalue weighted by atomic mass is 35.5. The molecule has 10 heavy (non-hydrogen) atoms. The van der Waals surface area contributed by atoms with Gasteiger partial charge in [-0.1, -0.05) is 13.8 Å². The van der Waals surface area contributed by atoms with E-state index in [0.29, 0.717) is 0 Å². The van der Waals surface area contributed by atoms with Gasteiger partial charge in [0, 0.05) is 6.04 Å². The quantitative estimate of drug-likeness (QED) is 0.547. The van der Waals surface area contributed by atoms with Gasteiger partial charge >= 0.3 is 0 Å². The van der Waals surface area contributed by atoms with E-state index in [9.17, 15) is 0 Å². The van der Waals surface area contributed by atoms with Crippen molar-refractivity contribution in [1.29, 1.82) is 0 Å². The highest BCUT2D eigenvalue weighted by Crippen LogP contribution is 2.18. The Hall–Kier alpha value is 0.250. The molecule has 2 heteroatoms. The molecule has 1 aliphatic rings. The Bertz CT molecular complexity index is 77.3. The van der Waals surface area contributed by atoms with Crippen LogP contribution in [0.3, 0.4) is 0 Å². The van der Waals surface area contributed by atoms with E-state index in [2.05, 4.69) is 19.2 Å². The Morgan fingerprint density at radius 1 is 1.40 bits per heavy atom. The SMILES string of the molecule is CC(C)CCNC1CC1.[Cl-]. The molecule has 0 unspecified atom stereocenters.